The van der Waals surface area contributed by atoms with Crippen molar-refractivity contribution in [3.05, 3.63) is 16.8 Å². The summed E-state index contributed by atoms with van der Waals surface area (Å²) in [6.07, 6.45) is 5.74. The number of aryl methyl sites for hydroxylation is 1. The van der Waals surface area contributed by atoms with Crippen molar-refractivity contribution in [1.82, 2.24) is 10.2 Å². The van der Waals surface area contributed by atoms with Crippen LogP contribution in [0, 0.1) is 19.8 Å². The van der Waals surface area contributed by atoms with Gasteiger partial charge in [-0.2, -0.15) is 5.10 Å². The Morgan fingerprint density at radius 3 is 2.65 bits per heavy atom. The first kappa shape index (κ1) is 14.8. The molecule has 1 aliphatic carbocycles. The minimum absolute atomic E-state index is 0.259. The van der Waals surface area contributed by atoms with E-state index in [-0.39, 0.29) is 5.56 Å². The number of nitrogens with zero attached hydrogens (tertiary/aromatic N) is 2. The van der Waals surface area contributed by atoms with Crippen LogP contribution < -0.4 is 5.32 Å². The number of carboxylic acids is 1. The molecule has 1 aromatic heterocycles. The van der Waals surface area contributed by atoms with E-state index >= 15 is 0 Å². The molecule has 0 spiro atoms. The van der Waals surface area contributed by atoms with E-state index in [0.29, 0.717) is 23.1 Å². The molecule has 2 N–H and O–H groups in total. The second-order valence-electron chi connectivity index (χ2n) is 5.89. The number of hydrogen-bond acceptors (Lipinski definition) is 4. The van der Waals surface area contributed by atoms with Gasteiger partial charge in [0.1, 0.15) is 5.56 Å². The summed E-state index contributed by atoms with van der Waals surface area (Å²) >= 11 is 0. The lowest BCUT2D eigenvalue weighted by molar-refractivity contribution is 0.0696. The van der Waals surface area contributed by atoms with Crippen LogP contribution in [-0.4, -0.2) is 27.3 Å². The normalized spacial score (nSPS) is 23.1. The number of rotatable bonds is 3. The maximum atomic E-state index is 11.4. The van der Waals surface area contributed by atoms with Crippen molar-refractivity contribution in [2.24, 2.45) is 5.92 Å². The monoisotopic (exact) mass is 277 g/mol. The standard InChI is InChI=1S/C15H23N3O2/c1-9-5-4-6-12(8-7-9)16-14-13(15(19)20)10(2)11(3)17-18-14/h9,12H,4-8H2,1-3H3,(H,16,18)(H,19,20). The molecule has 20 heavy (non-hydrogen) atoms. The van der Waals surface area contributed by atoms with Crippen molar-refractivity contribution in [3.8, 4) is 0 Å². The molecule has 0 aliphatic heterocycles. The van der Waals surface area contributed by atoms with Crippen LogP contribution in [0.4, 0.5) is 5.82 Å². The van der Waals surface area contributed by atoms with Gasteiger partial charge < -0.3 is 10.4 Å². The third kappa shape index (κ3) is 3.26. The fourth-order valence-corrected chi connectivity index (χ4v) is 2.80. The van der Waals surface area contributed by atoms with Gasteiger partial charge in [-0.15, -0.1) is 5.10 Å². The summed E-state index contributed by atoms with van der Waals surface area (Å²) in [7, 11) is 0. The Morgan fingerprint density at radius 1 is 1.20 bits per heavy atom. The summed E-state index contributed by atoms with van der Waals surface area (Å²) in [5, 5.41) is 20.8. The summed E-state index contributed by atoms with van der Waals surface area (Å²) < 4.78 is 0. The van der Waals surface area contributed by atoms with Gasteiger partial charge >= 0.3 is 5.97 Å². The second-order valence-corrected chi connectivity index (χ2v) is 5.89. The van der Waals surface area contributed by atoms with Crippen LogP contribution in [0.15, 0.2) is 0 Å². The SMILES string of the molecule is Cc1nnc(NC2CCCC(C)CC2)c(C(=O)O)c1C. The zero-order valence-electron chi connectivity index (χ0n) is 12.4. The van der Waals surface area contributed by atoms with Crippen LogP contribution in [0.3, 0.4) is 0 Å². The van der Waals surface area contributed by atoms with Crippen molar-refractivity contribution in [3.63, 3.8) is 0 Å². The van der Waals surface area contributed by atoms with E-state index in [4.69, 9.17) is 0 Å². The first-order chi connectivity index (χ1) is 9.49. The smallest absolute Gasteiger partial charge is 0.339 e. The second kappa shape index (κ2) is 6.20. The Morgan fingerprint density at radius 2 is 1.95 bits per heavy atom. The maximum Gasteiger partial charge on any atom is 0.339 e. The number of nitrogens with one attached hydrogen (secondary N) is 1. The summed E-state index contributed by atoms with van der Waals surface area (Å²) in [5.74, 6) is 0.233. The van der Waals surface area contributed by atoms with Crippen molar-refractivity contribution < 1.29 is 9.90 Å². The molecular formula is C15H23N3O2. The lowest BCUT2D eigenvalue weighted by Gasteiger charge is -2.19. The van der Waals surface area contributed by atoms with Gasteiger partial charge in [-0.3, -0.25) is 0 Å². The molecule has 0 aromatic carbocycles. The average molecular weight is 277 g/mol. The topological polar surface area (TPSA) is 75.1 Å². The van der Waals surface area contributed by atoms with E-state index in [1.807, 2.05) is 0 Å². The van der Waals surface area contributed by atoms with E-state index in [9.17, 15) is 9.90 Å². The highest BCUT2D eigenvalue weighted by Gasteiger charge is 2.22. The van der Waals surface area contributed by atoms with Gasteiger partial charge in [-0.1, -0.05) is 19.8 Å². The third-order valence-electron chi connectivity index (χ3n) is 4.27. The number of anilines is 1. The number of hydrogen-bond donors (Lipinski definition) is 2. The van der Waals surface area contributed by atoms with Crippen molar-refractivity contribution >= 4 is 11.8 Å². The summed E-state index contributed by atoms with van der Waals surface area (Å²) in [6.45, 7) is 5.85. The first-order valence-corrected chi connectivity index (χ1v) is 7.32. The fourth-order valence-electron chi connectivity index (χ4n) is 2.80. The molecule has 5 nitrogen and oxygen atoms in total. The fraction of sp³-hybridized carbons (Fsp3) is 0.667. The van der Waals surface area contributed by atoms with Gasteiger partial charge in [0.15, 0.2) is 5.82 Å². The van der Waals surface area contributed by atoms with Gasteiger partial charge in [0.2, 0.25) is 0 Å². The van der Waals surface area contributed by atoms with Crippen LogP contribution in [-0.2, 0) is 0 Å². The third-order valence-corrected chi connectivity index (χ3v) is 4.27. The first-order valence-electron chi connectivity index (χ1n) is 7.32. The van der Waals surface area contributed by atoms with Gasteiger partial charge in [-0.05, 0) is 44.6 Å². The van der Waals surface area contributed by atoms with Gasteiger partial charge in [0.05, 0.1) is 5.69 Å². The Hall–Kier alpha value is -1.65. The highest BCUT2D eigenvalue weighted by atomic mass is 16.4. The molecule has 0 saturated heterocycles. The number of carboxylic acid groups (broad SMARTS) is 1. The number of carbonyl (C=O) groups is 1. The summed E-state index contributed by atoms with van der Waals surface area (Å²) in [5.41, 5.74) is 1.62. The highest BCUT2D eigenvalue weighted by Crippen LogP contribution is 2.26. The predicted octanol–water partition coefficient (Wildman–Crippen LogP) is 3.17. The molecule has 1 aromatic rings. The number of aromatic carboxylic acids is 1. The Bertz CT molecular complexity index is 502. The molecular weight excluding hydrogens is 254 g/mol. The van der Waals surface area contributed by atoms with E-state index in [1.54, 1.807) is 13.8 Å². The highest BCUT2D eigenvalue weighted by molar-refractivity contribution is 5.94. The predicted molar refractivity (Wildman–Crippen MR) is 78.1 cm³/mol. The molecule has 2 atom stereocenters. The molecule has 2 rings (SSSR count). The molecule has 0 amide bonds. The van der Waals surface area contributed by atoms with Crippen LogP contribution in [0.25, 0.3) is 0 Å². The van der Waals surface area contributed by atoms with Gasteiger partial charge in [0.25, 0.3) is 0 Å². The van der Waals surface area contributed by atoms with Crippen molar-refractivity contribution in [1.29, 1.82) is 0 Å². The average Bonchev–Trinajstić information content (AvgIpc) is 2.59. The van der Waals surface area contributed by atoms with E-state index in [0.717, 1.165) is 18.8 Å². The summed E-state index contributed by atoms with van der Waals surface area (Å²) in [4.78, 5) is 11.4. The molecule has 1 heterocycles. The molecule has 110 valence electrons. The van der Waals surface area contributed by atoms with Crippen molar-refractivity contribution in [2.45, 2.75) is 58.9 Å². The molecule has 1 aliphatic rings. The lowest BCUT2D eigenvalue weighted by Crippen LogP contribution is -2.22. The quantitative estimate of drug-likeness (QED) is 0.830. The van der Waals surface area contributed by atoms with Crippen LogP contribution >= 0.6 is 0 Å². The molecule has 1 fully saturated rings. The van der Waals surface area contributed by atoms with Crippen LogP contribution in [0.1, 0.15) is 60.6 Å². The molecule has 0 bridgehead atoms. The maximum absolute atomic E-state index is 11.4. The largest absolute Gasteiger partial charge is 0.478 e. The zero-order chi connectivity index (χ0) is 14.7. The molecule has 1 saturated carbocycles. The van der Waals surface area contributed by atoms with E-state index in [1.165, 1.54) is 19.3 Å². The Labute approximate surface area is 119 Å². The molecule has 0 radical (unpaired) electrons. The minimum Gasteiger partial charge on any atom is -0.478 e. The van der Waals surface area contributed by atoms with Gasteiger partial charge in [0, 0.05) is 6.04 Å². The Kier molecular flexibility index (Phi) is 4.57. The molecule has 2 unspecified atom stereocenters. The lowest BCUT2D eigenvalue weighted by atomic mass is 10.0. The Balaban J connectivity index is 2.20. The molecule has 5 heteroatoms. The zero-order valence-corrected chi connectivity index (χ0v) is 12.4. The van der Waals surface area contributed by atoms with E-state index in [2.05, 4.69) is 22.4 Å². The van der Waals surface area contributed by atoms with Crippen LogP contribution in [0.5, 0.6) is 0 Å². The van der Waals surface area contributed by atoms with Crippen LogP contribution in [0.2, 0.25) is 0 Å². The summed E-state index contributed by atoms with van der Waals surface area (Å²) in [6, 6.07) is 0.300. The minimum atomic E-state index is -0.940. The van der Waals surface area contributed by atoms with Crippen molar-refractivity contribution in [2.75, 3.05) is 5.32 Å². The van der Waals surface area contributed by atoms with E-state index < -0.39 is 5.97 Å². The number of aromatic nitrogens is 2. The van der Waals surface area contributed by atoms with Gasteiger partial charge in [-0.25, -0.2) is 4.79 Å².